The number of hydrogen-bond donors (Lipinski definition) is 1. The van der Waals surface area contributed by atoms with Gasteiger partial charge in [-0.25, -0.2) is 0 Å². The molecule has 0 aliphatic heterocycles. The van der Waals surface area contributed by atoms with E-state index < -0.39 is 26.6 Å². The molecule has 0 radical (unpaired) electrons. The summed E-state index contributed by atoms with van der Waals surface area (Å²) in [4.78, 5) is 40.1. The number of nitrogens with one attached hydrogen (secondary N) is 1. The summed E-state index contributed by atoms with van der Waals surface area (Å²) in [6.45, 7) is 6.67. The first-order chi connectivity index (χ1) is 40.9. The van der Waals surface area contributed by atoms with Crippen LogP contribution in [0.2, 0.25) is 0 Å². The number of allylic oxidation sites excluding steroid dienone is 19. The molecule has 0 aromatic rings. The number of carbonyl (C=O) groups excluding carboxylic acids is 2. The number of amides is 1. The Morgan fingerprint density at radius 1 is 0.429 bits per heavy atom. The van der Waals surface area contributed by atoms with Crippen LogP contribution in [0.5, 0.6) is 0 Å². The Labute approximate surface area is 518 Å². The second-order valence-corrected chi connectivity index (χ2v) is 25.4. The van der Waals surface area contributed by atoms with Crippen molar-refractivity contribution in [3.63, 3.8) is 0 Å². The molecule has 10 heteroatoms. The molecule has 9 nitrogen and oxygen atoms in total. The molecular formula is C74H129N2O7P. The Morgan fingerprint density at radius 3 is 1.18 bits per heavy atom. The Morgan fingerprint density at radius 2 is 0.762 bits per heavy atom. The quantitative estimate of drug-likeness (QED) is 0.0212. The number of unbranched alkanes of at least 4 members (excludes halogenated alkanes) is 27. The normalized spacial score (nSPS) is 14.3. The lowest BCUT2D eigenvalue weighted by atomic mass is 10.0. The maximum absolute atomic E-state index is 13.6. The first-order valence-corrected chi connectivity index (χ1v) is 35.8. The third-order valence-electron chi connectivity index (χ3n) is 14.6. The number of quaternary nitrogens is 1. The number of hydrogen-bond acceptors (Lipinski definition) is 7. The first kappa shape index (κ1) is 80.4. The van der Waals surface area contributed by atoms with Gasteiger partial charge in [0.2, 0.25) is 5.91 Å². The second-order valence-electron chi connectivity index (χ2n) is 23.9. The average Bonchev–Trinajstić information content (AvgIpc) is 3.65. The van der Waals surface area contributed by atoms with Gasteiger partial charge in [0.15, 0.2) is 0 Å². The number of esters is 1. The molecule has 0 aliphatic rings. The van der Waals surface area contributed by atoms with Crippen LogP contribution >= 0.6 is 7.82 Å². The fourth-order valence-corrected chi connectivity index (χ4v) is 10.1. The molecule has 3 unspecified atom stereocenters. The molecule has 0 heterocycles. The van der Waals surface area contributed by atoms with Crippen LogP contribution in [0.25, 0.3) is 0 Å². The highest BCUT2D eigenvalue weighted by molar-refractivity contribution is 7.45. The van der Waals surface area contributed by atoms with Crippen molar-refractivity contribution in [1.82, 2.24) is 5.32 Å². The van der Waals surface area contributed by atoms with Crippen LogP contribution in [0.1, 0.15) is 284 Å². The van der Waals surface area contributed by atoms with Gasteiger partial charge < -0.3 is 28.5 Å². The molecule has 0 fully saturated rings. The Hall–Kier alpha value is -3.59. The number of phosphoric ester groups is 1. The van der Waals surface area contributed by atoms with Gasteiger partial charge in [0, 0.05) is 12.8 Å². The van der Waals surface area contributed by atoms with E-state index in [0.29, 0.717) is 17.4 Å². The molecule has 0 bridgehead atoms. The van der Waals surface area contributed by atoms with Gasteiger partial charge in [-0.3, -0.25) is 14.2 Å². The Bertz CT molecular complexity index is 1850. The van der Waals surface area contributed by atoms with Gasteiger partial charge >= 0.3 is 5.97 Å². The molecule has 0 saturated carbocycles. The van der Waals surface area contributed by atoms with Gasteiger partial charge in [-0.1, -0.05) is 271 Å². The molecule has 0 aliphatic carbocycles. The highest BCUT2D eigenvalue weighted by Crippen LogP contribution is 2.38. The topological polar surface area (TPSA) is 114 Å². The predicted molar refractivity (Wildman–Crippen MR) is 362 cm³/mol. The lowest BCUT2D eigenvalue weighted by molar-refractivity contribution is -0.870. The molecule has 3 atom stereocenters. The van der Waals surface area contributed by atoms with Gasteiger partial charge in [-0.05, 0) is 122 Å². The maximum atomic E-state index is 13.6. The van der Waals surface area contributed by atoms with E-state index in [1.54, 1.807) is 0 Å². The molecule has 84 heavy (non-hydrogen) atoms. The van der Waals surface area contributed by atoms with Crippen molar-refractivity contribution >= 4 is 19.7 Å². The van der Waals surface area contributed by atoms with Crippen molar-refractivity contribution in [1.29, 1.82) is 0 Å². The summed E-state index contributed by atoms with van der Waals surface area (Å²) in [5, 5.41) is 3.02. The summed E-state index contributed by atoms with van der Waals surface area (Å²) in [7, 11) is 1.15. The van der Waals surface area contributed by atoms with E-state index in [4.69, 9.17) is 13.8 Å². The van der Waals surface area contributed by atoms with Crippen LogP contribution < -0.4 is 10.2 Å². The van der Waals surface area contributed by atoms with Crippen molar-refractivity contribution in [3.8, 4) is 0 Å². The smallest absolute Gasteiger partial charge is 0.306 e. The van der Waals surface area contributed by atoms with Crippen molar-refractivity contribution < 1.29 is 37.3 Å². The first-order valence-electron chi connectivity index (χ1n) is 34.3. The summed E-state index contributed by atoms with van der Waals surface area (Å²) < 4.78 is 30.4. The summed E-state index contributed by atoms with van der Waals surface area (Å²) >= 11 is 0. The molecule has 0 saturated heterocycles. The van der Waals surface area contributed by atoms with Gasteiger partial charge in [-0.15, -0.1) is 0 Å². The summed E-state index contributed by atoms with van der Waals surface area (Å²) in [5.41, 5.74) is 0. The van der Waals surface area contributed by atoms with Crippen molar-refractivity contribution in [2.75, 3.05) is 40.9 Å². The van der Waals surface area contributed by atoms with Crippen LogP contribution in [0.15, 0.2) is 122 Å². The zero-order valence-electron chi connectivity index (χ0n) is 55.1. The van der Waals surface area contributed by atoms with Gasteiger partial charge in [0.25, 0.3) is 7.82 Å². The molecule has 0 spiro atoms. The molecule has 0 aromatic heterocycles. The summed E-state index contributed by atoms with van der Waals surface area (Å²) in [5.74, 6) is -0.583. The zero-order chi connectivity index (χ0) is 61.4. The van der Waals surface area contributed by atoms with Crippen LogP contribution in [0.3, 0.4) is 0 Å². The molecule has 0 aromatic carbocycles. The maximum Gasteiger partial charge on any atom is 0.306 e. The van der Waals surface area contributed by atoms with E-state index in [0.717, 1.165) is 122 Å². The molecule has 0 rings (SSSR count). The minimum Gasteiger partial charge on any atom is -0.756 e. The fraction of sp³-hybridized carbons (Fsp3) is 0.703. The fourth-order valence-electron chi connectivity index (χ4n) is 9.36. The van der Waals surface area contributed by atoms with E-state index in [2.05, 4.69) is 135 Å². The van der Waals surface area contributed by atoms with Crippen molar-refractivity contribution in [2.45, 2.75) is 296 Å². The minimum atomic E-state index is -4.72. The van der Waals surface area contributed by atoms with E-state index in [-0.39, 0.29) is 31.3 Å². The highest BCUT2D eigenvalue weighted by Gasteiger charge is 2.27. The van der Waals surface area contributed by atoms with Crippen LogP contribution in [0.4, 0.5) is 0 Å². The zero-order valence-corrected chi connectivity index (χ0v) is 56.0. The van der Waals surface area contributed by atoms with E-state index in [9.17, 15) is 19.0 Å². The number of phosphoric acid groups is 1. The monoisotopic (exact) mass is 1190 g/mol. The molecule has 1 N–H and O–H groups in total. The lowest BCUT2D eigenvalue weighted by Gasteiger charge is -2.30. The van der Waals surface area contributed by atoms with Crippen LogP contribution in [0, 0.1) is 0 Å². The summed E-state index contributed by atoms with van der Waals surface area (Å²) in [6, 6.07) is -0.915. The number of rotatable bonds is 61. The second kappa shape index (κ2) is 62.5. The van der Waals surface area contributed by atoms with Crippen molar-refractivity contribution in [2.24, 2.45) is 0 Å². The lowest BCUT2D eigenvalue weighted by Crippen LogP contribution is -2.47. The largest absolute Gasteiger partial charge is 0.756 e. The third-order valence-corrected chi connectivity index (χ3v) is 15.6. The van der Waals surface area contributed by atoms with E-state index >= 15 is 0 Å². The van der Waals surface area contributed by atoms with E-state index in [1.165, 1.54) is 122 Å². The number of ether oxygens (including phenoxy) is 1. The highest BCUT2D eigenvalue weighted by atomic mass is 31.2. The standard InChI is InChI=1S/C74H129N2O7P/c1-7-10-13-16-19-22-25-28-30-32-34-35-36-37-38-39-40-41-43-45-47-49-52-55-58-61-64-67-74(78)83-72(65-62-59-56-53-50-27-24-21-18-15-12-9-3)71(70-82-84(79,80)81-69-68-76(4,5)6)75-73(77)66-63-60-57-54-51-48-46-44-42-33-31-29-26-23-20-17-14-11-8-2/h10,13,19-20,22-23,28-31,34-35,37-38,42,44,48,51,62,65,71-72H,7-9,11-12,14-18,21,24-27,32-33,36,39-41,43,45-47,49-50,52-61,63-64,66-70H2,1-6H3,(H-,75,77,79,80)/b13-10-,22-19-,23-20-,30-28-,31-29-,35-34-,38-37-,44-42-,51-48-,65-62-. The van der Waals surface area contributed by atoms with Crippen LogP contribution in [-0.2, 0) is 27.9 Å². The SMILES string of the molecule is CC/C=C\C/C=C\C/C=C\C/C=C\C/C=C\CCCCCCCCCCCCCC(=O)OC(/C=C\CCCCCCCCCCCC)C(COP(=O)([O-])OCC[N+](C)(C)C)NC(=O)CCCCC/C=C\C/C=C\C/C=C\C/C=C\CCCCC. The van der Waals surface area contributed by atoms with Crippen molar-refractivity contribution in [3.05, 3.63) is 122 Å². The molecule has 482 valence electrons. The molecule has 1 amide bonds. The minimum absolute atomic E-state index is 0.0347. The van der Waals surface area contributed by atoms with Crippen LogP contribution in [-0.4, -0.2) is 69.4 Å². The number of carbonyl (C=O) groups is 2. The number of likely N-dealkylation sites (N-methyl/N-ethyl adjacent to an activating group) is 1. The Balaban J connectivity index is 5.15. The predicted octanol–water partition coefficient (Wildman–Crippen LogP) is 21.2. The van der Waals surface area contributed by atoms with Gasteiger partial charge in [0.05, 0.1) is 33.8 Å². The average molecular weight is 1190 g/mol. The van der Waals surface area contributed by atoms with E-state index in [1.807, 2.05) is 33.3 Å². The Kier molecular flexibility index (Phi) is 59.8. The molecular weight excluding hydrogens is 1060 g/mol. The summed E-state index contributed by atoms with van der Waals surface area (Å²) in [6.07, 6.45) is 87.5. The van der Waals surface area contributed by atoms with Gasteiger partial charge in [0.1, 0.15) is 19.3 Å². The van der Waals surface area contributed by atoms with Gasteiger partial charge in [-0.2, -0.15) is 0 Å². The third kappa shape index (κ3) is 62.9. The number of nitrogens with zero attached hydrogens (tertiary/aromatic N) is 1.